The Kier molecular flexibility index (Phi) is 7.40. The Balaban J connectivity index is 1.99. The van der Waals surface area contributed by atoms with Crippen LogP contribution >= 0.6 is 34.7 Å². The summed E-state index contributed by atoms with van der Waals surface area (Å²) < 4.78 is 1.76. The first-order valence-corrected chi connectivity index (χ1v) is 13.7. The molecule has 0 unspecified atom stereocenters. The predicted molar refractivity (Wildman–Crippen MR) is 142 cm³/mol. The number of nitrogens with zero attached hydrogens (tertiary/aromatic N) is 3. The third kappa shape index (κ3) is 4.90. The number of halogens is 1. The van der Waals surface area contributed by atoms with Crippen molar-refractivity contribution in [2.75, 3.05) is 23.7 Å². The van der Waals surface area contributed by atoms with Crippen LogP contribution in [0.15, 0.2) is 41.1 Å². The van der Waals surface area contributed by atoms with E-state index in [-0.39, 0.29) is 34.8 Å². The molecule has 1 aliphatic heterocycles. The molecule has 1 aromatic carbocycles. The van der Waals surface area contributed by atoms with Crippen LogP contribution in [-0.4, -0.2) is 40.4 Å². The highest BCUT2D eigenvalue weighted by Crippen LogP contribution is 2.49. The van der Waals surface area contributed by atoms with Crippen LogP contribution in [-0.2, 0) is 15.0 Å². The number of carbonyl (C=O) groups excluding carboxylic acids is 2. The zero-order valence-electron chi connectivity index (χ0n) is 19.8. The van der Waals surface area contributed by atoms with Crippen molar-refractivity contribution >= 4 is 52.3 Å². The van der Waals surface area contributed by atoms with Gasteiger partial charge in [-0.05, 0) is 40.9 Å². The summed E-state index contributed by atoms with van der Waals surface area (Å²) >= 11 is 9.83. The number of anilines is 1. The average molecular weight is 517 g/mol. The van der Waals surface area contributed by atoms with Crippen LogP contribution in [0.5, 0.6) is 0 Å². The molecule has 0 radical (unpaired) electrons. The summed E-state index contributed by atoms with van der Waals surface area (Å²) in [7, 11) is 0. The Labute approximate surface area is 213 Å². The number of amides is 2. The van der Waals surface area contributed by atoms with Crippen LogP contribution in [0.1, 0.15) is 56.2 Å². The molecule has 0 spiro atoms. The van der Waals surface area contributed by atoms with Crippen LogP contribution in [0.3, 0.4) is 0 Å². The summed E-state index contributed by atoms with van der Waals surface area (Å²) in [5, 5.41) is 12.6. The average Bonchev–Trinajstić information content (AvgIpc) is 3.43. The molecule has 34 heavy (non-hydrogen) atoms. The molecule has 0 fully saturated rings. The molecule has 180 valence electrons. The number of thioether (sulfide) groups is 1. The van der Waals surface area contributed by atoms with Crippen molar-refractivity contribution in [3.05, 3.63) is 62.9 Å². The van der Waals surface area contributed by atoms with E-state index in [0.717, 1.165) is 23.2 Å². The topological polar surface area (TPSA) is 67.2 Å². The lowest BCUT2D eigenvalue weighted by atomic mass is 9.87. The number of hydrogen-bond acceptors (Lipinski definition) is 5. The van der Waals surface area contributed by atoms with Gasteiger partial charge in [-0.15, -0.1) is 11.8 Å². The SMILES string of the molecule is CCCNC(=O)CN1C(=O)CS[C@H](c2ccsc2)c2c(C(C)(C)C)nn(-c3ccccc3Cl)c21. The summed E-state index contributed by atoms with van der Waals surface area (Å²) in [6.45, 7) is 8.85. The third-order valence-corrected chi connectivity index (χ3v) is 7.88. The van der Waals surface area contributed by atoms with E-state index in [2.05, 4.69) is 37.5 Å². The second-order valence-corrected chi connectivity index (χ2v) is 11.6. The second-order valence-electron chi connectivity index (χ2n) is 9.28. The highest BCUT2D eigenvalue weighted by atomic mass is 35.5. The van der Waals surface area contributed by atoms with Gasteiger partial charge in [0.15, 0.2) is 0 Å². The van der Waals surface area contributed by atoms with E-state index in [0.29, 0.717) is 23.1 Å². The minimum absolute atomic E-state index is 0.0670. The first-order valence-electron chi connectivity index (χ1n) is 11.3. The standard InChI is InChI=1S/C25H29ClN4O2S2/c1-5-11-27-19(31)13-29-20(32)15-34-22(16-10-12-33-14-16)21-23(25(2,3)4)28-30(24(21)29)18-9-7-6-8-17(18)26/h6-10,12,14,22H,5,11,13,15H2,1-4H3,(H,27,31)/t22-/m1/s1. The minimum Gasteiger partial charge on any atom is -0.355 e. The van der Waals surface area contributed by atoms with Crippen molar-refractivity contribution in [2.45, 2.75) is 44.8 Å². The molecule has 1 aliphatic rings. The van der Waals surface area contributed by atoms with Gasteiger partial charge in [0, 0.05) is 17.5 Å². The van der Waals surface area contributed by atoms with Gasteiger partial charge in [0.1, 0.15) is 12.4 Å². The largest absolute Gasteiger partial charge is 0.355 e. The number of aromatic nitrogens is 2. The van der Waals surface area contributed by atoms with E-state index in [1.165, 1.54) is 0 Å². The second kappa shape index (κ2) is 10.1. The van der Waals surface area contributed by atoms with Gasteiger partial charge in [-0.3, -0.25) is 14.5 Å². The van der Waals surface area contributed by atoms with Gasteiger partial charge in [0.2, 0.25) is 11.8 Å². The monoisotopic (exact) mass is 516 g/mol. The van der Waals surface area contributed by atoms with Gasteiger partial charge in [-0.25, -0.2) is 4.68 Å². The quantitative estimate of drug-likeness (QED) is 0.464. The Morgan fingerprint density at radius 2 is 2.03 bits per heavy atom. The molecule has 9 heteroatoms. The van der Waals surface area contributed by atoms with Crippen molar-refractivity contribution in [2.24, 2.45) is 0 Å². The lowest BCUT2D eigenvalue weighted by molar-refractivity contribution is -0.122. The van der Waals surface area contributed by atoms with Gasteiger partial charge in [-0.2, -0.15) is 16.4 Å². The summed E-state index contributed by atoms with van der Waals surface area (Å²) in [4.78, 5) is 27.9. The van der Waals surface area contributed by atoms with Crippen LogP contribution < -0.4 is 10.2 Å². The zero-order chi connectivity index (χ0) is 24.5. The Morgan fingerprint density at radius 3 is 2.68 bits per heavy atom. The number of thiophene rings is 1. The molecule has 0 saturated heterocycles. The van der Waals surface area contributed by atoms with E-state index in [1.54, 1.807) is 32.7 Å². The fourth-order valence-electron chi connectivity index (χ4n) is 4.02. The fraction of sp³-hybridized carbons (Fsp3) is 0.400. The maximum Gasteiger partial charge on any atom is 0.240 e. The smallest absolute Gasteiger partial charge is 0.240 e. The summed E-state index contributed by atoms with van der Waals surface area (Å²) in [6.07, 6.45) is 0.826. The van der Waals surface area contributed by atoms with Gasteiger partial charge >= 0.3 is 0 Å². The maximum absolute atomic E-state index is 13.5. The van der Waals surface area contributed by atoms with Crippen LogP contribution in [0, 0.1) is 0 Å². The molecule has 0 saturated carbocycles. The Hall–Kier alpha value is -2.29. The summed E-state index contributed by atoms with van der Waals surface area (Å²) in [5.41, 5.74) is 3.36. The molecule has 2 aromatic heterocycles. The van der Waals surface area contributed by atoms with Crippen molar-refractivity contribution in [1.29, 1.82) is 0 Å². The van der Waals surface area contributed by atoms with Crippen molar-refractivity contribution in [1.82, 2.24) is 15.1 Å². The highest BCUT2D eigenvalue weighted by molar-refractivity contribution is 8.00. The molecule has 3 heterocycles. The Morgan fingerprint density at radius 1 is 1.26 bits per heavy atom. The highest BCUT2D eigenvalue weighted by Gasteiger charge is 2.40. The van der Waals surface area contributed by atoms with Gasteiger partial charge < -0.3 is 5.32 Å². The van der Waals surface area contributed by atoms with Crippen LogP contribution in [0.4, 0.5) is 5.82 Å². The molecule has 0 bridgehead atoms. The molecule has 3 aromatic rings. The minimum atomic E-state index is -0.297. The van der Waals surface area contributed by atoms with Gasteiger partial charge in [-0.1, -0.05) is 51.4 Å². The van der Waals surface area contributed by atoms with E-state index < -0.39 is 0 Å². The number of rotatable bonds is 6. The molecule has 6 nitrogen and oxygen atoms in total. The van der Waals surface area contributed by atoms with Crippen LogP contribution in [0.2, 0.25) is 5.02 Å². The first kappa shape index (κ1) is 24.8. The van der Waals surface area contributed by atoms with E-state index in [4.69, 9.17) is 16.7 Å². The number of hydrogen-bond donors (Lipinski definition) is 1. The zero-order valence-corrected chi connectivity index (χ0v) is 22.2. The first-order chi connectivity index (χ1) is 16.2. The molecule has 2 amide bonds. The Bertz CT molecular complexity index is 1180. The molecule has 1 N–H and O–H groups in total. The van der Waals surface area contributed by atoms with E-state index in [9.17, 15) is 9.59 Å². The number of carbonyl (C=O) groups is 2. The predicted octanol–water partition coefficient (Wildman–Crippen LogP) is 5.58. The summed E-state index contributed by atoms with van der Waals surface area (Å²) in [6, 6.07) is 9.56. The third-order valence-electron chi connectivity index (χ3n) is 5.60. The lowest BCUT2D eigenvalue weighted by Crippen LogP contribution is -2.42. The van der Waals surface area contributed by atoms with Crippen molar-refractivity contribution < 1.29 is 9.59 Å². The van der Waals surface area contributed by atoms with Gasteiger partial charge in [0.25, 0.3) is 0 Å². The van der Waals surface area contributed by atoms with Crippen LogP contribution in [0.25, 0.3) is 5.69 Å². The lowest BCUT2D eigenvalue weighted by Gasteiger charge is -2.24. The number of fused-ring (bicyclic) bond motifs is 1. The number of nitrogens with one attached hydrogen (secondary N) is 1. The molecule has 4 rings (SSSR count). The fourth-order valence-corrected chi connectivity index (χ4v) is 6.19. The molecular formula is C25H29ClN4O2S2. The summed E-state index contributed by atoms with van der Waals surface area (Å²) in [5.74, 6) is 0.576. The van der Waals surface area contributed by atoms with E-state index >= 15 is 0 Å². The van der Waals surface area contributed by atoms with Crippen molar-refractivity contribution in [3.63, 3.8) is 0 Å². The van der Waals surface area contributed by atoms with Gasteiger partial charge in [0.05, 0.1) is 27.4 Å². The normalized spacial score (nSPS) is 16.3. The van der Waals surface area contributed by atoms with Crippen molar-refractivity contribution in [3.8, 4) is 5.69 Å². The molecular weight excluding hydrogens is 488 g/mol. The van der Waals surface area contributed by atoms with E-state index in [1.807, 2.05) is 36.6 Å². The molecule has 0 aliphatic carbocycles. The number of para-hydroxylation sites is 1. The molecule has 1 atom stereocenters. The number of benzene rings is 1. The maximum atomic E-state index is 13.5.